The maximum Gasteiger partial charge on any atom is 0.163 e. The maximum atomic E-state index is 12.1. The van der Waals surface area contributed by atoms with Crippen molar-refractivity contribution < 1.29 is 19.1 Å². The second-order valence-corrected chi connectivity index (χ2v) is 6.54. The number of rotatable bonds is 10. The molecule has 2 aromatic heterocycles. The van der Waals surface area contributed by atoms with E-state index in [1.54, 1.807) is 62.0 Å². The molecule has 0 aliphatic heterocycles. The molecule has 1 aromatic carbocycles. The number of ketones is 2. The Labute approximate surface area is 180 Å². The van der Waals surface area contributed by atoms with Crippen LogP contribution in [0, 0.1) is 0 Å². The summed E-state index contributed by atoms with van der Waals surface area (Å²) in [6.45, 7) is 0.339. The standard InChI is InChI=1S/C25H22N2O4/c1-30-25-17-24(31-18-21-7-3-5-15-27-21)13-9-19(25)8-11-22(28)16-23(29)12-10-20-6-2-4-14-26-20/h2-15,17H,16,18H2,1H3/b11-8+,12-10+. The lowest BCUT2D eigenvalue weighted by molar-refractivity contribution is -0.121. The van der Waals surface area contributed by atoms with Crippen LogP contribution in [0.3, 0.4) is 0 Å². The first-order valence-corrected chi connectivity index (χ1v) is 9.67. The summed E-state index contributed by atoms with van der Waals surface area (Å²) in [4.78, 5) is 32.4. The molecule has 0 unspecified atom stereocenters. The predicted octanol–water partition coefficient (Wildman–Crippen LogP) is 4.32. The van der Waals surface area contributed by atoms with Gasteiger partial charge in [-0.25, -0.2) is 0 Å². The Bertz CT molecular complexity index is 1080. The smallest absolute Gasteiger partial charge is 0.163 e. The highest BCUT2D eigenvalue weighted by Gasteiger charge is 2.07. The Morgan fingerprint density at radius 1 is 0.903 bits per heavy atom. The maximum absolute atomic E-state index is 12.1. The van der Waals surface area contributed by atoms with Crippen molar-refractivity contribution in [1.29, 1.82) is 0 Å². The van der Waals surface area contributed by atoms with E-state index < -0.39 is 0 Å². The molecule has 3 rings (SSSR count). The molecule has 3 aromatic rings. The van der Waals surface area contributed by atoms with E-state index >= 15 is 0 Å². The largest absolute Gasteiger partial charge is 0.496 e. The summed E-state index contributed by atoms with van der Waals surface area (Å²) in [5.41, 5.74) is 2.18. The Morgan fingerprint density at radius 2 is 1.65 bits per heavy atom. The third-order valence-corrected chi connectivity index (χ3v) is 4.24. The van der Waals surface area contributed by atoms with E-state index in [-0.39, 0.29) is 18.0 Å². The van der Waals surface area contributed by atoms with Crippen molar-refractivity contribution in [2.24, 2.45) is 0 Å². The number of hydrogen-bond donors (Lipinski definition) is 0. The Hall–Kier alpha value is -4.06. The molecule has 0 fully saturated rings. The number of nitrogens with zero attached hydrogens (tertiary/aromatic N) is 2. The molecule has 0 saturated heterocycles. The fourth-order valence-electron chi connectivity index (χ4n) is 2.68. The van der Waals surface area contributed by atoms with Crippen LogP contribution in [0.5, 0.6) is 11.5 Å². The first kappa shape index (κ1) is 21.6. The van der Waals surface area contributed by atoms with E-state index in [1.807, 2.05) is 24.3 Å². The third-order valence-electron chi connectivity index (χ3n) is 4.24. The van der Waals surface area contributed by atoms with Crippen molar-refractivity contribution in [3.05, 3.63) is 96.1 Å². The van der Waals surface area contributed by atoms with Gasteiger partial charge >= 0.3 is 0 Å². The van der Waals surface area contributed by atoms with E-state index in [2.05, 4.69) is 9.97 Å². The quantitative estimate of drug-likeness (QED) is 0.363. The molecule has 6 heteroatoms. The Morgan fingerprint density at radius 3 is 2.32 bits per heavy atom. The fourth-order valence-corrected chi connectivity index (χ4v) is 2.68. The SMILES string of the molecule is COc1cc(OCc2ccccn2)ccc1/C=C/C(=O)CC(=O)/C=C/c1ccccn1. The van der Waals surface area contributed by atoms with Crippen LogP contribution >= 0.6 is 0 Å². The molecule has 0 atom stereocenters. The van der Waals surface area contributed by atoms with Gasteiger partial charge in [0.1, 0.15) is 18.1 Å². The van der Waals surface area contributed by atoms with Crippen molar-refractivity contribution in [3.63, 3.8) is 0 Å². The van der Waals surface area contributed by atoms with Gasteiger partial charge in [0.2, 0.25) is 0 Å². The van der Waals surface area contributed by atoms with Crippen LogP contribution in [0.25, 0.3) is 12.2 Å². The van der Waals surface area contributed by atoms with Crippen molar-refractivity contribution in [2.45, 2.75) is 13.0 Å². The molecule has 0 aliphatic carbocycles. The van der Waals surface area contributed by atoms with Gasteiger partial charge in [0.05, 0.1) is 24.9 Å². The molecule has 0 bridgehead atoms. The molecular formula is C25H22N2O4. The second kappa shape index (κ2) is 11.2. The van der Waals surface area contributed by atoms with Crippen LogP contribution < -0.4 is 9.47 Å². The number of aromatic nitrogens is 2. The number of pyridine rings is 2. The summed E-state index contributed by atoms with van der Waals surface area (Å²) < 4.78 is 11.1. The van der Waals surface area contributed by atoms with Crippen LogP contribution in [-0.2, 0) is 16.2 Å². The van der Waals surface area contributed by atoms with Gasteiger partial charge in [-0.15, -0.1) is 0 Å². The highest BCUT2D eigenvalue weighted by molar-refractivity contribution is 6.10. The van der Waals surface area contributed by atoms with Crippen LogP contribution in [0.15, 0.2) is 79.1 Å². The van der Waals surface area contributed by atoms with E-state index in [4.69, 9.17) is 9.47 Å². The first-order chi connectivity index (χ1) is 15.1. The molecule has 0 N–H and O–H groups in total. The lowest BCUT2D eigenvalue weighted by Crippen LogP contribution is -2.02. The zero-order valence-electron chi connectivity index (χ0n) is 17.1. The van der Waals surface area contributed by atoms with Crippen LogP contribution in [0.4, 0.5) is 0 Å². The summed E-state index contributed by atoms with van der Waals surface area (Å²) in [6.07, 6.45) is 9.09. The number of carbonyl (C=O) groups excluding carboxylic acids is 2. The number of hydrogen-bond acceptors (Lipinski definition) is 6. The van der Waals surface area contributed by atoms with Gasteiger partial charge < -0.3 is 9.47 Å². The topological polar surface area (TPSA) is 78.4 Å². The number of carbonyl (C=O) groups is 2. The Balaban J connectivity index is 1.57. The fraction of sp³-hybridized carbons (Fsp3) is 0.120. The van der Waals surface area contributed by atoms with Crippen LogP contribution in [-0.4, -0.2) is 28.6 Å². The highest BCUT2D eigenvalue weighted by Crippen LogP contribution is 2.26. The van der Waals surface area contributed by atoms with Crippen molar-refractivity contribution in [1.82, 2.24) is 9.97 Å². The molecule has 156 valence electrons. The first-order valence-electron chi connectivity index (χ1n) is 9.67. The summed E-state index contributed by atoms with van der Waals surface area (Å²) in [6, 6.07) is 16.3. The molecule has 0 radical (unpaired) electrons. The minimum absolute atomic E-state index is 0.215. The molecule has 0 saturated carbocycles. The molecule has 0 spiro atoms. The summed E-state index contributed by atoms with van der Waals surface area (Å²) in [5, 5.41) is 0. The van der Waals surface area contributed by atoms with E-state index in [9.17, 15) is 9.59 Å². The number of allylic oxidation sites excluding steroid dienone is 2. The van der Waals surface area contributed by atoms with Gasteiger partial charge in [-0.3, -0.25) is 19.6 Å². The molecule has 31 heavy (non-hydrogen) atoms. The van der Waals surface area contributed by atoms with E-state index in [0.717, 1.165) is 5.69 Å². The summed E-state index contributed by atoms with van der Waals surface area (Å²) in [7, 11) is 1.54. The number of methoxy groups -OCH3 is 1. The lowest BCUT2D eigenvalue weighted by Gasteiger charge is -2.09. The average molecular weight is 414 g/mol. The van der Waals surface area contributed by atoms with Gasteiger partial charge in [0, 0.05) is 24.0 Å². The highest BCUT2D eigenvalue weighted by atomic mass is 16.5. The van der Waals surface area contributed by atoms with Crippen molar-refractivity contribution in [2.75, 3.05) is 7.11 Å². The van der Waals surface area contributed by atoms with E-state index in [0.29, 0.717) is 29.4 Å². The molecular weight excluding hydrogens is 392 g/mol. The predicted molar refractivity (Wildman–Crippen MR) is 118 cm³/mol. The van der Waals surface area contributed by atoms with Crippen LogP contribution in [0.2, 0.25) is 0 Å². The van der Waals surface area contributed by atoms with Crippen LogP contribution in [0.1, 0.15) is 23.4 Å². The summed E-state index contributed by atoms with van der Waals surface area (Å²) in [5.74, 6) is 0.600. The zero-order valence-corrected chi connectivity index (χ0v) is 17.1. The minimum atomic E-state index is -0.298. The molecule has 0 amide bonds. The zero-order chi connectivity index (χ0) is 21.9. The minimum Gasteiger partial charge on any atom is -0.496 e. The van der Waals surface area contributed by atoms with Gasteiger partial charge in [-0.05, 0) is 60.7 Å². The van der Waals surface area contributed by atoms with Crippen molar-refractivity contribution in [3.8, 4) is 11.5 Å². The molecule has 6 nitrogen and oxygen atoms in total. The summed E-state index contributed by atoms with van der Waals surface area (Å²) >= 11 is 0. The van der Waals surface area contributed by atoms with Gasteiger partial charge in [-0.1, -0.05) is 12.1 Å². The van der Waals surface area contributed by atoms with Gasteiger partial charge in [-0.2, -0.15) is 0 Å². The number of benzene rings is 1. The van der Waals surface area contributed by atoms with Crippen molar-refractivity contribution >= 4 is 23.7 Å². The van der Waals surface area contributed by atoms with E-state index in [1.165, 1.54) is 12.2 Å². The molecule has 2 heterocycles. The monoisotopic (exact) mass is 414 g/mol. The third kappa shape index (κ3) is 7.04. The second-order valence-electron chi connectivity index (χ2n) is 6.54. The average Bonchev–Trinajstić information content (AvgIpc) is 2.81. The normalized spacial score (nSPS) is 11.0. The number of ether oxygens (including phenoxy) is 2. The van der Waals surface area contributed by atoms with Gasteiger partial charge in [0.25, 0.3) is 0 Å². The molecule has 0 aliphatic rings. The Kier molecular flexibility index (Phi) is 7.83. The lowest BCUT2D eigenvalue weighted by atomic mass is 10.1. The van der Waals surface area contributed by atoms with Gasteiger partial charge in [0.15, 0.2) is 11.6 Å².